The summed E-state index contributed by atoms with van der Waals surface area (Å²) in [4.78, 5) is 12.8. The zero-order valence-corrected chi connectivity index (χ0v) is 8.53. The van der Waals surface area contributed by atoms with Crippen molar-refractivity contribution in [2.75, 3.05) is 0 Å². The maximum Gasteiger partial charge on any atom is 0.163 e. The fourth-order valence-electron chi connectivity index (χ4n) is 0.938. The maximum absolute atomic E-state index is 11.3. The second-order valence-electron chi connectivity index (χ2n) is 2.48. The molecule has 0 heterocycles. The molecule has 0 aliphatic rings. The van der Waals surface area contributed by atoms with Crippen LogP contribution < -0.4 is 0 Å². The van der Waals surface area contributed by atoms with Crippen LogP contribution in [0.2, 0.25) is 0 Å². The quantitative estimate of drug-likeness (QED) is 0.552. The Hall–Kier alpha value is -0.410. The van der Waals surface area contributed by atoms with E-state index in [1.807, 2.05) is 13.0 Å². The lowest BCUT2D eigenvalue weighted by molar-refractivity contribution is 0.0985. The minimum absolute atomic E-state index is 0.107. The van der Waals surface area contributed by atoms with Gasteiger partial charge in [-0.3, -0.25) is 4.79 Å². The van der Waals surface area contributed by atoms with Crippen LogP contribution in [-0.2, 0) is 0 Å². The molecule has 3 heteroatoms. The highest BCUT2D eigenvalue weighted by atomic mass is 32.1. The third-order valence-corrected chi connectivity index (χ3v) is 2.27. The molecule has 0 fully saturated rings. The van der Waals surface area contributed by atoms with Crippen LogP contribution in [0.4, 0.5) is 0 Å². The van der Waals surface area contributed by atoms with E-state index in [4.69, 9.17) is 0 Å². The molecule has 1 aromatic carbocycles. The predicted molar refractivity (Wildman–Crippen MR) is 55.6 cm³/mol. The van der Waals surface area contributed by atoms with Crippen LogP contribution in [0, 0.1) is 0 Å². The topological polar surface area (TPSA) is 17.1 Å². The van der Waals surface area contributed by atoms with E-state index in [1.54, 1.807) is 12.1 Å². The molecule has 0 aliphatic carbocycles. The summed E-state index contributed by atoms with van der Waals surface area (Å²) >= 11 is 8.33. The van der Waals surface area contributed by atoms with Gasteiger partial charge in [0.05, 0.1) is 0 Å². The molecule has 0 aliphatic heterocycles. The second kappa shape index (κ2) is 4.01. The average molecular weight is 198 g/mol. The van der Waals surface area contributed by atoms with Crippen LogP contribution in [0.25, 0.3) is 0 Å². The lowest BCUT2D eigenvalue weighted by Crippen LogP contribution is -1.97. The largest absolute Gasteiger partial charge is 0.294 e. The number of carbonyl (C=O) groups excluding carboxylic acids is 1. The molecular weight excluding hydrogens is 188 g/mol. The van der Waals surface area contributed by atoms with Crippen LogP contribution in [0.1, 0.15) is 23.7 Å². The fraction of sp³-hybridized carbons (Fsp3) is 0.222. The van der Waals surface area contributed by atoms with Crippen molar-refractivity contribution in [3.8, 4) is 0 Å². The third kappa shape index (κ3) is 2.05. The molecule has 0 atom stereocenters. The van der Waals surface area contributed by atoms with Crippen molar-refractivity contribution in [1.29, 1.82) is 0 Å². The Morgan fingerprint density at radius 3 is 2.67 bits per heavy atom. The third-order valence-electron chi connectivity index (χ3n) is 1.60. The summed E-state index contributed by atoms with van der Waals surface area (Å²) in [6.07, 6.45) is 0.505. The summed E-state index contributed by atoms with van der Waals surface area (Å²) in [5.74, 6) is 0.107. The van der Waals surface area contributed by atoms with Gasteiger partial charge in [-0.25, -0.2) is 0 Å². The molecule has 0 aromatic heterocycles. The Labute approximate surface area is 83.0 Å². The number of hydrogen-bond acceptors (Lipinski definition) is 3. The summed E-state index contributed by atoms with van der Waals surface area (Å²) in [5.41, 5.74) is 0.660. The lowest BCUT2D eigenvalue weighted by Gasteiger charge is -2.02. The van der Waals surface area contributed by atoms with Crippen molar-refractivity contribution in [1.82, 2.24) is 0 Å². The molecule has 0 amide bonds. The van der Waals surface area contributed by atoms with Crippen LogP contribution in [0.5, 0.6) is 0 Å². The second-order valence-corrected chi connectivity index (χ2v) is 3.48. The van der Waals surface area contributed by atoms with Gasteiger partial charge in [0, 0.05) is 21.8 Å². The smallest absolute Gasteiger partial charge is 0.163 e. The van der Waals surface area contributed by atoms with Gasteiger partial charge in [-0.15, -0.1) is 25.3 Å². The highest BCUT2D eigenvalue weighted by Crippen LogP contribution is 2.19. The van der Waals surface area contributed by atoms with E-state index in [2.05, 4.69) is 25.3 Å². The lowest BCUT2D eigenvalue weighted by atomic mass is 10.1. The van der Waals surface area contributed by atoms with Crippen LogP contribution >= 0.6 is 25.3 Å². The van der Waals surface area contributed by atoms with E-state index in [-0.39, 0.29) is 5.78 Å². The first-order valence-electron chi connectivity index (χ1n) is 3.70. The van der Waals surface area contributed by atoms with Crippen molar-refractivity contribution in [2.45, 2.75) is 23.1 Å². The first-order chi connectivity index (χ1) is 5.65. The van der Waals surface area contributed by atoms with Gasteiger partial charge >= 0.3 is 0 Å². The fourth-order valence-corrected chi connectivity index (χ4v) is 1.41. The standard InChI is InChI=1S/C9H10OS2/c1-2-8(10)7-5-6(11)3-4-9(7)12/h3-5,11-12H,2H2,1H3. The summed E-state index contributed by atoms with van der Waals surface area (Å²) in [5, 5.41) is 0. The molecule has 0 N–H and O–H groups in total. The van der Waals surface area contributed by atoms with Crippen LogP contribution in [0.3, 0.4) is 0 Å². The van der Waals surface area contributed by atoms with E-state index in [0.29, 0.717) is 12.0 Å². The summed E-state index contributed by atoms with van der Waals surface area (Å²) in [7, 11) is 0. The van der Waals surface area contributed by atoms with Crippen molar-refractivity contribution < 1.29 is 4.79 Å². The van der Waals surface area contributed by atoms with E-state index in [0.717, 1.165) is 9.79 Å². The highest BCUT2D eigenvalue weighted by molar-refractivity contribution is 7.80. The van der Waals surface area contributed by atoms with Crippen molar-refractivity contribution >= 4 is 31.0 Å². The number of Topliss-reactive ketones (excluding diaryl/α,β-unsaturated/α-hetero) is 1. The predicted octanol–water partition coefficient (Wildman–Crippen LogP) is 2.86. The summed E-state index contributed by atoms with van der Waals surface area (Å²) < 4.78 is 0. The van der Waals surface area contributed by atoms with Crippen molar-refractivity contribution in [3.05, 3.63) is 23.8 Å². The van der Waals surface area contributed by atoms with Crippen LogP contribution in [-0.4, -0.2) is 5.78 Å². The van der Waals surface area contributed by atoms with E-state index < -0.39 is 0 Å². The number of ketones is 1. The summed E-state index contributed by atoms with van der Waals surface area (Å²) in [6.45, 7) is 1.83. The van der Waals surface area contributed by atoms with E-state index in [1.165, 1.54) is 0 Å². The van der Waals surface area contributed by atoms with Gasteiger partial charge in [-0.2, -0.15) is 0 Å². The van der Waals surface area contributed by atoms with Gasteiger partial charge in [0.1, 0.15) is 0 Å². The molecule has 0 bridgehead atoms. The first-order valence-corrected chi connectivity index (χ1v) is 4.59. The Bertz CT molecular complexity index is 307. The number of benzene rings is 1. The number of thiol groups is 2. The molecule has 0 radical (unpaired) electrons. The minimum Gasteiger partial charge on any atom is -0.294 e. The van der Waals surface area contributed by atoms with Gasteiger partial charge in [-0.1, -0.05) is 6.92 Å². The minimum atomic E-state index is 0.107. The van der Waals surface area contributed by atoms with Crippen LogP contribution in [0.15, 0.2) is 28.0 Å². The molecule has 12 heavy (non-hydrogen) atoms. The number of rotatable bonds is 2. The Balaban J connectivity index is 3.13. The Morgan fingerprint density at radius 1 is 1.42 bits per heavy atom. The SMILES string of the molecule is CCC(=O)c1cc(S)ccc1S. The van der Waals surface area contributed by atoms with Crippen molar-refractivity contribution in [2.24, 2.45) is 0 Å². The van der Waals surface area contributed by atoms with E-state index >= 15 is 0 Å². The van der Waals surface area contributed by atoms with Gasteiger partial charge in [-0.05, 0) is 18.2 Å². The highest BCUT2D eigenvalue weighted by Gasteiger charge is 2.06. The Morgan fingerprint density at radius 2 is 2.08 bits per heavy atom. The van der Waals surface area contributed by atoms with Gasteiger partial charge < -0.3 is 0 Å². The monoisotopic (exact) mass is 198 g/mol. The molecule has 1 aromatic rings. The van der Waals surface area contributed by atoms with Gasteiger partial charge in [0.25, 0.3) is 0 Å². The maximum atomic E-state index is 11.3. The molecule has 1 nitrogen and oxygen atoms in total. The van der Waals surface area contributed by atoms with Gasteiger partial charge in [0.2, 0.25) is 0 Å². The first kappa shape index (κ1) is 9.68. The van der Waals surface area contributed by atoms with Gasteiger partial charge in [0.15, 0.2) is 5.78 Å². The molecule has 0 unspecified atom stereocenters. The van der Waals surface area contributed by atoms with Crippen molar-refractivity contribution in [3.63, 3.8) is 0 Å². The number of carbonyl (C=O) groups is 1. The zero-order chi connectivity index (χ0) is 9.14. The molecule has 1 rings (SSSR count). The van der Waals surface area contributed by atoms with E-state index in [9.17, 15) is 4.79 Å². The summed E-state index contributed by atoms with van der Waals surface area (Å²) in [6, 6.07) is 5.35. The zero-order valence-electron chi connectivity index (χ0n) is 6.74. The Kier molecular flexibility index (Phi) is 3.23. The average Bonchev–Trinajstić information content (AvgIpc) is 2.08. The molecule has 64 valence electrons. The molecule has 0 saturated carbocycles. The number of hydrogen-bond donors (Lipinski definition) is 2. The molecular formula is C9H10OS2. The molecule has 0 spiro atoms. The normalized spacial score (nSPS) is 9.92. The molecule has 0 saturated heterocycles.